The predicted octanol–water partition coefficient (Wildman–Crippen LogP) is 4.14. The first-order chi connectivity index (χ1) is 13.8. The first-order valence-electron chi connectivity index (χ1n) is 9.02. The molecule has 0 aliphatic heterocycles. The van der Waals surface area contributed by atoms with E-state index in [4.69, 9.17) is 0 Å². The van der Waals surface area contributed by atoms with Crippen LogP contribution < -0.4 is 5.32 Å². The number of rotatable bonds is 4. The fourth-order valence-electron chi connectivity index (χ4n) is 3.42. The third kappa shape index (κ3) is 2.73. The van der Waals surface area contributed by atoms with Crippen LogP contribution in [-0.4, -0.2) is 30.1 Å². The summed E-state index contributed by atoms with van der Waals surface area (Å²) in [5.74, 6) is 0.660. The van der Waals surface area contributed by atoms with Crippen molar-refractivity contribution < 1.29 is 0 Å². The van der Waals surface area contributed by atoms with Gasteiger partial charge < -0.3 is 10.3 Å². The van der Waals surface area contributed by atoms with E-state index in [1.54, 1.807) is 6.33 Å². The lowest BCUT2D eigenvalue weighted by atomic mass is 9.96. The van der Waals surface area contributed by atoms with Crippen LogP contribution in [0.4, 0.5) is 5.82 Å². The second-order valence-electron chi connectivity index (χ2n) is 6.53. The average molecular weight is 367 g/mol. The summed E-state index contributed by atoms with van der Waals surface area (Å²) < 4.78 is 0. The molecule has 28 heavy (non-hydrogen) atoms. The third-order valence-corrected chi connectivity index (χ3v) is 4.74. The predicted molar refractivity (Wildman–Crippen MR) is 109 cm³/mol. The maximum absolute atomic E-state index is 4.56. The van der Waals surface area contributed by atoms with Gasteiger partial charge in [-0.3, -0.25) is 0 Å². The van der Waals surface area contributed by atoms with Crippen molar-refractivity contribution in [2.75, 3.05) is 5.32 Å². The third-order valence-electron chi connectivity index (χ3n) is 4.74. The van der Waals surface area contributed by atoms with Crippen LogP contribution in [0.5, 0.6) is 0 Å². The molecule has 0 aliphatic carbocycles. The smallest absolute Gasteiger partial charge is 0.162 e. The molecular formula is C21H17N7. The van der Waals surface area contributed by atoms with E-state index in [0.717, 1.165) is 27.7 Å². The summed E-state index contributed by atoms with van der Waals surface area (Å²) in [6.07, 6.45) is 3.13. The summed E-state index contributed by atoms with van der Waals surface area (Å²) in [5.41, 5.74) is 5.28. The summed E-state index contributed by atoms with van der Waals surface area (Å²) >= 11 is 0. The highest BCUT2D eigenvalue weighted by atomic mass is 15.1. The van der Waals surface area contributed by atoms with Crippen molar-refractivity contribution in [3.63, 3.8) is 0 Å². The molecule has 0 unspecified atom stereocenters. The monoisotopic (exact) mass is 367 g/mol. The highest BCUT2D eigenvalue weighted by Crippen LogP contribution is 2.34. The minimum Gasteiger partial charge on any atom is -0.360 e. The molecule has 0 radical (unpaired) electrons. The van der Waals surface area contributed by atoms with Gasteiger partial charge in [0.2, 0.25) is 0 Å². The van der Waals surface area contributed by atoms with Crippen molar-refractivity contribution in [3.8, 4) is 11.1 Å². The van der Waals surface area contributed by atoms with Crippen LogP contribution in [0.15, 0.2) is 67.3 Å². The number of aromatic nitrogens is 6. The largest absolute Gasteiger partial charge is 0.360 e. The van der Waals surface area contributed by atoms with E-state index in [2.05, 4.69) is 53.6 Å². The summed E-state index contributed by atoms with van der Waals surface area (Å²) in [6.45, 7) is 2.05. The summed E-state index contributed by atoms with van der Waals surface area (Å²) in [7, 11) is 0. The summed E-state index contributed by atoms with van der Waals surface area (Å²) in [6, 6.07) is 18.2. The van der Waals surface area contributed by atoms with Gasteiger partial charge >= 0.3 is 0 Å². The number of hydrogen-bond donors (Lipinski definition) is 2. The Bertz CT molecular complexity index is 1260. The lowest BCUT2D eigenvalue weighted by molar-refractivity contribution is 0.806. The molecule has 136 valence electrons. The normalized spacial score (nSPS) is 12.3. The van der Waals surface area contributed by atoms with Gasteiger partial charge in [0.1, 0.15) is 11.8 Å². The van der Waals surface area contributed by atoms with Crippen LogP contribution in [-0.2, 0) is 0 Å². The van der Waals surface area contributed by atoms with E-state index < -0.39 is 0 Å². The fourth-order valence-corrected chi connectivity index (χ4v) is 3.42. The number of nitrogens with zero attached hydrogens (tertiary/aromatic N) is 5. The number of aromatic amines is 1. The lowest BCUT2D eigenvalue weighted by Gasteiger charge is -2.18. The van der Waals surface area contributed by atoms with E-state index in [-0.39, 0.29) is 6.04 Å². The molecule has 3 heterocycles. The summed E-state index contributed by atoms with van der Waals surface area (Å²) in [4.78, 5) is 15.9. The van der Waals surface area contributed by atoms with Crippen LogP contribution in [0.3, 0.4) is 0 Å². The van der Waals surface area contributed by atoms with Gasteiger partial charge in [0.05, 0.1) is 23.6 Å². The standard InChI is InChI=1S/C21H17N7/c1-13(26-21-19-20(23-11-22-19)24-12-25-21)18-17(14-7-3-2-4-8-14)15-9-5-6-10-16(15)27-28-18/h2-13H,1H3,(H2,22,23,24,25,26)/t13-/m1/s1. The van der Waals surface area contributed by atoms with Crippen LogP contribution in [0.25, 0.3) is 33.2 Å². The number of anilines is 1. The van der Waals surface area contributed by atoms with Crippen LogP contribution in [0, 0.1) is 0 Å². The Morgan fingerprint density at radius 1 is 0.893 bits per heavy atom. The Balaban J connectivity index is 1.65. The van der Waals surface area contributed by atoms with Crippen molar-refractivity contribution >= 4 is 27.9 Å². The molecule has 5 aromatic rings. The van der Waals surface area contributed by atoms with E-state index >= 15 is 0 Å². The Labute approximate surface area is 160 Å². The zero-order valence-corrected chi connectivity index (χ0v) is 15.2. The molecule has 2 N–H and O–H groups in total. The molecule has 7 heteroatoms. The topological polar surface area (TPSA) is 92.3 Å². The molecule has 2 aromatic carbocycles. The SMILES string of the molecule is C[C@@H](Nc1ncnc2[nH]cnc12)c1nnc2ccccc2c1-c1ccccc1. The van der Waals surface area contributed by atoms with Crippen molar-refractivity contribution in [1.82, 2.24) is 30.1 Å². The van der Waals surface area contributed by atoms with Crippen LogP contribution in [0.2, 0.25) is 0 Å². The quantitative estimate of drug-likeness (QED) is 0.496. The number of nitrogens with one attached hydrogen (secondary N) is 2. The number of H-pyrrole nitrogens is 1. The van der Waals surface area contributed by atoms with Crippen LogP contribution >= 0.6 is 0 Å². The zero-order valence-electron chi connectivity index (χ0n) is 15.2. The zero-order chi connectivity index (χ0) is 18.9. The van der Waals surface area contributed by atoms with Gasteiger partial charge in [0.25, 0.3) is 0 Å². The van der Waals surface area contributed by atoms with Crippen LogP contribution in [0.1, 0.15) is 18.7 Å². The molecular weight excluding hydrogens is 350 g/mol. The minimum atomic E-state index is -0.137. The molecule has 0 fully saturated rings. The van der Waals surface area contributed by atoms with Gasteiger partial charge in [-0.15, -0.1) is 0 Å². The highest BCUT2D eigenvalue weighted by molar-refractivity contribution is 5.95. The molecule has 0 amide bonds. The first-order valence-corrected chi connectivity index (χ1v) is 9.02. The van der Waals surface area contributed by atoms with E-state index in [0.29, 0.717) is 17.0 Å². The van der Waals surface area contributed by atoms with Gasteiger partial charge in [0, 0.05) is 10.9 Å². The Morgan fingerprint density at radius 3 is 2.61 bits per heavy atom. The maximum atomic E-state index is 4.56. The van der Waals surface area contributed by atoms with Gasteiger partial charge in [-0.05, 0) is 18.6 Å². The lowest BCUT2D eigenvalue weighted by Crippen LogP contribution is -2.13. The number of benzene rings is 2. The molecule has 1 atom stereocenters. The van der Waals surface area contributed by atoms with E-state index in [1.165, 1.54) is 6.33 Å². The van der Waals surface area contributed by atoms with E-state index in [1.807, 2.05) is 43.3 Å². The molecule has 0 saturated heterocycles. The number of hydrogen-bond acceptors (Lipinski definition) is 6. The summed E-state index contributed by atoms with van der Waals surface area (Å²) in [5, 5.41) is 13.5. The molecule has 0 saturated carbocycles. The van der Waals surface area contributed by atoms with Gasteiger partial charge in [0.15, 0.2) is 11.5 Å². The Kier molecular flexibility index (Phi) is 3.90. The maximum Gasteiger partial charge on any atom is 0.162 e. The van der Waals surface area contributed by atoms with E-state index in [9.17, 15) is 0 Å². The van der Waals surface area contributed by atoms with Gasteiger partial charge in [-0.1, -0.05) is 48.5 Å². The molecule has 0 spiro atoms. The van der Waals surface area contributed by atoms with Crippen molar-refractivity contribution in [2.45, 2.75) is 13.0 Å². The van der Waals surface area contributed by atoms with Gasteiger partial charge in [-0.2, -0.15) is 10.2 Å². The Morgan fingerprint density at radius 2 is 1.71 bits per heavy atom. The molecule has 7 nitrogen and oxygen atoms in total. The number of imidazole rings is 1. The molecule has 0 bridgehead atoms. The number of fused-ring (bicyclic) bond motifs is 2. The van der Waals surface area contributed by atoms with Crippen molar-refractivity contribution in [3.05, 3.63) is 72.9 Å². The fraction of sp³-hybridized carbons (Fsp3) is 0.0952. The molecule has 0 aliphatic rings. The highest BCUT2D eigenvalue weighted by Gasteiger charge is 2.19. The first kappa shape index (κ1) is 16.3. The second kappa shape index (κ2) is 6.70. The minimum absolute atomic E-state index is 0.137. The molecule has 3 aromatic heterocycles. The van der Waals surface area contributed by atoms with Crippen molar-refractivity contribution in [2.24, 2.45) is 0 Å². The Hall–Kier alpha value is -3.87. The van der Waals surface area contributed by atoms with Gasteiger partial charge in [-0.25, -0.2) is 15.0 Å². The van der Waals surface area contributed by atoms with Crippen molar-refractivity contribution in [1.29, 1.82) is 0 Å². The second-order valence-corrected chi connectivity index (χ2v) is 6.53. The molecule has 5 rings (SSSR count). The average Bonchev–Trinajstić information content (AvgIpc) is 3.23.